The minimum atomic E-state index is -1.76. The largest absolute Gasteiger partial charge is 0.458 e. The number of hydrogen-bond donors (Lipinski definition) is 14. The molecule has 0 saturated carbocycles. The van der Waals surface area contributed by atoms with Crippen LogP contribution in [-0.2, 0) is 63.9 Å². The Hall–Kier alpha value is -7.06. The molecule has 1 saturated heterocycles. The molecule has 0 spiro atoms. The molecule has 0 unspecified atom stereocenters. The van der Waals surface area contributed by atoms with Crippen molar-refractivity contribution < 1.29 is 67.7 Å². The van der Waals surface area contributed by atoms with Crippen molar-refractivity contribution in [2.45, 2.75) is 220 Å². The summed E-state index contributed by atoms with van der Waals surface area (Å²) in [5.74, 6) is -12.0. The minimum Gasteiger partial charge on any atom is -0.458 e. The molecule has 26 nitrogen and oxygen atoms in total. The van der Waals surface area contributed by atoms with Gasteiger partial charge in [0.1, 0.15) is 60.5 Å². The summed E-state index contributed by atoms with van der Waals surface area (Å²) < 4.78 is 5.74. The van der Waals surface area contributed by atoms with Crippen LogP contribution >= 0.6 is 0 Å². The van der Waals surface area contributed by atoms with Crippen LogP contribution in [0.3, 0.4) is 0 Å². The topological polar surface area (TPSA) is 408 Å². The molecule has 1 aliphatic rings. The van der Waals surface area contributed by atoms with E-state index in [-0.39, 0.29) is 31.5 Å². The molecule has 1 aliphatic heterocycles. The van der Waals surface area contributed by atoms with Gasteiger partial charge in [0.05, 0.1) is 25.1 Å². The number of likely N-dealkylation sites (N-methyl/N-ethyl adjacent to an activating group) is 1. The summed E-state index contributed by atoms with van der Waals surface area (Å²) in [6.07, 6.45) is 1.39. The van der Waals surface area contributed by atoms with E-state index >= 15 is 0 Å². The number of ether oxygens (including phenoxy) is 1. The van der Waals surface area contributed by atoms with Gasteiger partial charge in [-0.25, -0.2) is 4.79 Å². The number of amides is 9. The number of ketones is 1. The maximum absolute atomic E-state index is 14.5. The molecule has 15 N–H and O–H groups in total. The number of amidine groups is 1. The van der Waals surface area contributed by atoms with Gasteiger partial charge in [0.15, 0.2) is 5.78 Å². The first kappa shape index (κ1) is 75.0. The van der Waals surface area contributed by atoms with E-state index in [9.17, 15) is 63.0 Å². The van der Waals surface area contributed by atoms with Crippen LogP contribution in [0.25, 0.3) is 0 Å². The van der Waals surface area contributed by atoms with E-state index in [1.165, 1.54) is 13.8 Å². The maximum Gasteiger partial charge on any atom is 0.329 e. The number of cyclic esters (lactones) is 1. The van der Waals surface area contributed by atoms with Crippen molar-refractivity contribution in [1.29, 1.82) is 5.41 Å². The Morgan fingerprint density at radius 3 is 1.59 bits per heavy atom. The number of nitrogens with two attached hydrogens (primary N) is 1. The van der Waals surface area contributed by atoms with Crippen LogP contribution in [0.15, 0.2) is 30.3 Å². The minimum absolute atomic E-state index is 0.0506. The lowest BCUT2D eigenvalue weighted by atomic mass is 9.94. The van der Waals surface area contributed by atoms with Crippen molar-refractivity contribution in [2.75, 3.05) is 20.3 Å². The van der Waals surface area contributed by atoms with Gasteiger partial charge < -0.3 is 73.9 Å². The second kappa shape index (κ2) is 38.2. The Kier molecular flexibility index (Phi) is 33.3. The molecule has 1 aromatic carbocycles. The second-order valence-corrected chi connectivity index (χ2v) is 22.9. The maximum atomic E-state index is 14.5. The van der Waals surface area contributed by atoms with Crippen molar-refractivity contribution >= 4 is 70.8 Å². The van der Waals surface area contributed by atoms with E-state index in [1.54, 1.807) is 55.5 Å². The Balaban J connectivity index is 2.43. The highest BCUT2D eigenvalue weighted by Crippen LogP contribution is 2.19. The second-order valence-electron chi connectivity index (χ2n) is 22.9. The van der Waals surface area contributed by atoms with E-state index in [1.807, 2.05) is 44.2 Å². The molecular weight excluding hydrogens is 1110 g/mol. The number of carbonyl (C=O) groups excluding carboxylic acids is 11. The molecule has 1 fully saturated rings. The summed E-state index contributed by atoms with van der Waals surface area (Å²) in [4.78, 5) is 153. The van der Waals surface area contributed by atoms with Gasteiger partial charge in [-0.05, 0) is 68.9 Å². The Morgan fingerprint density at radius 1 is 0.640 bits per heavy atom. The van der Waals surface area contributed by atoms with Crippen LogP contribution in [0.2, 0.25) is 0 Å². The van der Waals surface area contributed by atoms with Gasteiger partial charge in [-0.2, -0.15) is 0 Å². The Labute approximate surface area is 506 Å². The highest BCUT2D eigenvalue weighted by molar-refractivity contribution is 5.99. The molecule has 484 valence electrons. The average molecular weight is 1210 g/mol. The van der Waals surface area contributed by atoms with Gasteiger partial charge in [-0.1, -0.05) is 138 Å². The number of rotatable bonds is 34. The summed E-state index contributed by atoms with van der Waals surface area (Å²) in [6, 6.07) is -3.93. The molecule has 2 rings (SSSR count). The zero-order chi connectivity index (χ0) is 65.0. The van der Waals surface area contributed by atoms with Crippen LogP contribution in [-0.4, -0.2) is 168 Å². The Morgan fingerprint density at radius 2 is 1.12 bits per heavy atom. The molecule has 0 aromatic heterocycles. The van der Waals surface area contributed by atoms with Crippen molar-refractivity contribution in [3.8, 4) is 0 Å². The molecule has 1 heterocycles. The lowest BCUT2D eigenvalue weighted by Crippen LogP contribution is -2.63. The third kappa shape index (κ3) is 23.7. The number of hydrogen-bond acceptors (Lipinski definition) is 16. The predicted octanol–water partition coefficient (Wildman–Crippen LogP) is 0.186. The fraction of sp³-hybridized carbons (Fsp3) is 0.700. The van der Waals surface area contributed by atoms with Gasteiger partial charge in [-0.15, -0.1) is 0 Å². The molecule has 9 amide bonds. The van der Waals surface area contributed by atoms with Gasteiger partial charge in [0.25, 0.3) is 0 Å². The zero-order valence-electron chi connectivity index (χ0n) is 52.4. The predicted molar refractivity (Wildman–Crippen MR) is 322 cm³/mol. The summed E-state index contributed by atoms with van der Waals surface area (Å²) in [5.41, 5.74) is 6.47. The number of unbranched alkanes of at least 4 members (excludes halogenated alkanes) is 1. The van der Waals surface area contributed by atoms with Crippen LogP contribution in [0.4, 0.5) is 0 Å². The highest BCUT2D eigenvalue weighted by atomic mass is 16.5. The van der Waals surface area contributed by atoms with Gasteiger partial charge in [0, 0.05) is 18.8 Å². The fourth-order valence-electron chi connectivity index (χ4n) is 9.50. The SMILES string of the molecule is CCC[C@@H]1NC(=O)[C@H](C)CC(=O)[C@H](NC(=O)[C@H](CO)NC(=O)[C@@H](NC(=O)[C@H](NC(=O)[C@@H](CCCCC(=N)N)NC(=O)[C@H](CO)NC(=O)[C@@H](NC(=O)[C@@H](Cc2ccccc2)NC)[C@@H](C)CC)[C@H](C)CC)[C@@H](C)CC)[C@H](C)OC(=O)[C@H]([C@@H](C)CC)NC1=O. The summed E-state index contributed by atoms with van der Waals surface area (Å²) in [6.45, 7) is 16.6. The lowest BCUT2D eigenvalue weighted by Gasteiger charge is -2.31. The molecule has 0 bridgehead atoms. The summed E-state index contributed by atoms with van der Waals surface area (Å²) >= 11 is 0. The Bertz CT molecular complexity index is 2430. The van der Waals surface area contributed by atoms with Crippen molar-refractivity contribution in [3.63, 3.8) is 0 Å². The highest BCUT2D eigenvalue weighted by Gasteiger charge is 2.41. The van der Waals surface area contributed by atoms with E-state index in [4.69, 9.17) is 15.9 Å². The first-order chi connectivity index (χ1) is 40.7. The fourth-order valence-corrected chi connectivity index (χ4v) is 9.50. The third-order valence-electron chi connectivity index (χ3n) is 16.1. The number of aliphatic hydroxyl groups excluding tert-OH is 2. The first-order valence-corrected chi connectivity index (χ1v) is 30.4. The van der Waals surface area contributed by atoms with Crippen LogP contribution < -0.4 is 58.9 Å². The smallest absolute Gasteiger partial charge is 0.329 e. The molecule has 26 heteroatoms. The monoisotopic (exact) mass is 1210 g/mol. The number of benzene rings is 1. The third-order valence-corrected chi connectivity index (χ3v) is 16.1. The number of nitrogens with one attached hydrogen (secondary N) is 11. The van der Waals surface area contributed by atoms with Crippen LogP contribution in [0.5, 0.6) is 0 Å². The number of aliphatic hydroxyl groups is 2. The number of esters is 1. The van der Waals surface area contributed by atoms with E-state index in [0.717, 1.165) is 5.56 Å². The average Bonchev–Trinajstić information content (AvgIpc) is 3.47. The number of carbonyl (C=O) groups is 11. The van der Waals surface area contributed by atoms with E-state index < -0.39 is 181 Å². The van der Waals surface area contributed by atoms with Gasteiger partial charge >= 0.3 is 5.97 Å². The van der Waals surface area contributed by atoms with Crippen molar-refractivity contribution in [1.82, 2.24) is 53.2 Å². The molecule has 0 radical (unpaired) electrons. The van der Waals surface area contributed by atoms with E-state index in [0.29, 0.717) is 44.9 Å². The molecule has 0 aliphatic carbocycles. The van der Waals surface area contributed by atoms with Crippen LogP contribution in [0, 0.1) is 35.0 Å². The summed E-state index contributed by atoms with van der Waals surface area (Å²) in [5, 5.41) is 55.4. The molecule has 86 heavy (non-hydrogen) atoms. The van der Waals surface area contributed by atoms with Gasteiger partial charge in [-0.3, -0.25) is 53.4 Å². The normalized spacial score (nSPS) is 21.4. The number of Topliss-reactive ketones (excluding diaryl/α,β-unsaturated/α-hetero) is 1. The quantitative estimate of drug-likeness (QED) is 0.0190. The zero-order valence-corrected chi connectivity index (χ0v) is 52.4. The summed E-state index contributed by atoms with van der Waals surface area (Å²) in [7, 11) is 1.62. The molecule has 16 atom stereocenters. The van der Waals surface area contributed by atoms with Crippen molar-refractivity contribution in [2.24, 2.45) is 35.3 Å². The standard InChI is InChI=1S/C60H100N12O14/c1-13-23-39-52(77)71-49(35(9)17-5)60(85)86-37(11)50(44(75)28-36(10)51(76)64-39)72-56(81)43(31-74)67-58(83)47(33(7)15-3)70-59(84)48(34(8)16-4)68-53(78)40(26-21-22-27-45(61)62)65-55(80)42(30-73)66-57(82)46(32(6)14-2)69-54(79)41(63-12)29-38-24-19-18-20-25-38/h18-20,24-25,32-37,39-43,46-50,63,73-74H,13-17,21-23,26-31H2,1-12H3,(H3,61,62)(H,64,76)(H,65,80)(H,66,82)(H,67,83)(H,68,78)(H,69,79)(H,70,84)(H,71,77)(H,72,81)/t32-,33-,34+,35-,36+,37-,39-,40+,41+,42-,43-,46-,47-,48+,49-,50+/m0/s1. The first-order valence-electron chi connectivity index (χ1n) is 30.4. The molecular formula is C60H100N12O14. The molecule has 1 aromatic rings. The van der Waals surface area contributed by atoms with Crippen molar-refractivity contribution in [3.05, 3.63) is 35.9 Å². The van der Waals surface area contributed by atoms with Gasteiger partial charge in [0.2, 0.25) is 53.2 Å². The lowest BCUT2D eigenvalue weighted by molar-refractivity contribution is -0.157. The van der Waals surface area contributed by atoms with Crippen LogP contribution in [0.1, 0.15) is 152 Å². The van der Waals surface area contributed by atoms with E-state index in [2.05, 4.69) is 53.2 Å².